The van der Waals surface area contributed by atoms with Gasteiger partial charge in [-0.1, -0.05) is 25.1 Å². The number of nitrogens with one attached hydrogen (secondary N) is 1. The van der Waals surface area contributed by atoms with Crippen molar-refractivity contribution in [1.82, 2.24) is 58.3 Å². The van der Waals surface area contributed by atoms with Crippen molar-refractivity contribution < 1.29 is 9.32 Å². The lowest BCUT2D eigenvalue weighted by Crippen LogP contribution is -2.39. The summed E-state index contributed by atoms with van der Waals surface area (Å²) < 4.78 is 13.9. The van der Waals surface area contributed by atoms with Gasteiger partial charge in [0.1, 0.15) is 17.1 Å². The molecule has 1 aliphatic heterocycles. The first kappa shape index (κ1) is 38.3. The highest BCUT2D eigenvalue weighted by atomic mass is 16.5. The number of H-pyrrole nitrogens is 1. The largest absolute Gasteiger partial charge is 0.438 e. The third-order valence-corrected chi connectivity index (χ3v) is 13.1. The summed E-state index contributed by atoms with van der Waals surface area (Å²) in [6.07, 6.45) is 9.05. The zero-order chi connectivity index (χ0) is 43.5. The molecule has 16 heteroatoms. The van der Waals surface area contributed by atoms with Crippen LogP contribution >= 0.6 is 0 Å². The second-order valence-corrected chi connectivity index (χ2v) is 17.0. The van der Waals surface area contributed by atoms with Gasteiger partial charge in [0.25, 0.3) is 5.91 Å². The minimum Gasteiger partial charge on any atom is -0.332 e. The molecule has 0 radical (unpaired) electrons. The van der Waals surface area contributed by atoms with Crippen LogP contribution in [0.5, 0.6) is 0 Å². The summed E-state index contributed by atoms with van der Waals surface area (Å²) >= 11 is 0. The average Bonchev–Trinajstić information content (AvgIpc) is 3.89. The van der Waals surface area contributed by atoms with E-state index < -0.39 is 11.3 Å². The number of pyridine rings is 2. The van der Waals surface area contributed by atoms with E-state index in [0.717, 1.165) is 78.9 Å². The predicted octanol–water partition coefficient (Wildman–Crippen LogP) is 6.26. The van der Waals surface area contributed by atoms with Crippen molar-refractivity contribution in [2.75, 3.05) is 6.54 Å². The molecular formula is C47H44N12O4. The summed E-state index contributed by atoms with van der Waals surface area (Å²) in [5.41, 5.74) is 10.0. The number of fused-ring (bicyclic) bond motifs is 3. The Balaban J connectivity index is 1.05. The summed E-state index contributed by atoms with van der Waals surface area (Å²) in [5.74, 6) is 0.127. The molecule has 1 amide bonds. The Morgan fingerprint density at radius 3 is 2.46 bits per heavy atom. The molecule has 7 aromatic heterocycles. The number of hydrogen-bond donors (Lipinski definition) is 1. The number of benzene rings is 2. The standard InChI is InChI=1S/C47H44N12O4/c1-7-37-29(5)35(12-14-48-37)30-8-10-40-31(20-30)22-41(58(40)47(23-26(47)2)44-51-45(61)63-53-44)43(60)55-15-13-38-36(25-55)42(59(52-38)34-18-27(3)50-28(4)19-34)57-17-16-56(46(57)62)33-9-11-39-32(21-33)24-49-54(39)6/h8-12,14,16-22,24,26H,7,13,15,23,25H2,1-6H3,(H,51,53,61)/t26-,47-/m0/s1. The van der Waals surface area contributed by atoms with E-state index in [1.54, 1.807) is 32.4 Å². The minimum atomic E-state index is -0.814. The molecule has 8 heterocycles. The number of aromatic nitrogens is 11. The highest BCUT2D eigenvalue weighted by molar-refractivity contribution is 6.00. The van der Waals surface area contributed by atoms with Crippen LogP contribution in [0.15, 0.2) is 99.6 Å². The van der Waals surface area contributed by atoms with E-state index in [0.29, 0.717) is 42.4 Å². The Morgan fingerprint density at radius 2 is 1.71 bits per heavy atom. The van der Waals surface area contributed by atoms with Gasteiger partial charge in [0.2, 0.25) is 0 Å². The van der Waals surface area contributed by atoms with E-state index in [1.165, 1.54) is 0 Å². The summed E-state index contributed by atoms with van der Waals surface area (Å²) in [6.45, 7) is 10.7. The van der Waals surface area contributed by atoms with E-state index in [9.17, 15) is 9.59 Å². The van der Waals surface area contributed by atoms with Gasteiger partial charge in [0, 0.05) is 77.5 Å². The lowest BCUT2D eigenvalue weighted by atomic mass is 9.98. The molecule has 9 aromatic rings. The second-order valence-electron chi connectivity index (χ2n) is 17.0. The molecule has 2 aliphatic rings. The molecule has 1 fully saturated rings. The van der Waals surface area contributed by atoms with Crippen LogP contribution in [0.4, 0.5) is 0 Å². The fourth-order valence-electron chi connectivity index (χ4n) is 9.88. The summed E-state index contributed by atoms with van der Waals surface area (Å²) in [5, 5.41) is 15.5. The molecule has 63 heavy (non-hydrogen) atoms. The van der Waals surface area contributed by atoms with Gasteiger partial charge in [0.05, 0.1) is 35.3 Å². The van der Waals surface area contributed by atoms with Crippen molar-refractivity contribution in [3.05, 3.63) is 152 Å². The summed E-state index contributed by atoms with van der Waals surface area (Å²) in [4.78, 5) is 56.2. The maximum absolute atomic E-state index is 15.4. The summed E-state index contributed by atoms with van der Waals surface area (Å²) in [6, 6.07) is 19.9. The van der Waals surface area contributed by atoms with E-state index in [-0.39, 0.29) is 24.1 Å². The van der Waals surface area contributed by atoms with Crippen LogP contribution in [0.3, 0.4) is 0 Å². The molecule has 1 saturated carbocycles. The van der Waals surface area contributed by atoms with E-state index >= 15 is 4.79 Å². The van der Waals surface area contributed by atoms with Crippen LogP contribution in [-0.2, 0) is 32.0 Å². The van der Waals surface area contributed by atoms with Crippen LogP contribution in [0.25, 0.3) is 50.1 Å². The number of aromatic amines is 1. The minimum absolute atomic E-state index is 0.0366. The molecule has 0 unspecified atom stereocenters. The van der Waals surface area contributed by atoms with Crippen LogP contribution in [0.2, 0.25) is 0 Å². The van der Waals surface area contributed by atoms with Crippen molar-refractivity contribution >= 4 is 27.7 Å². The Hall–Kier alpha value is -7.62. The van der Waals surface area contributed by atoms with Crippen molar-refractivity contribution in [3.63, 3.8) is 0 Å². The molecule has 1 aliphatic carbocycles. The number of hydrogen-bond acceptors (Lipinski definition) is 9. The quantitative estimate of drug-likeness (QED) is 0.185. The number of nitrogens with zero attached hydrogens (tertiary/aromatic N) is 11. The van der Waals surface area contributed by atoms with Crippen molar-refractivity contribution in [3.8, 4) is 28.3 Å². The molecule has 316 valence electrons. The van der Waals surface area contributed by atoms with Gasteiger partial charge in [-0.3, -0.25) is 38.1 Å². The molecular weight excluding hydrogens is 797 g/mol. The second kappa shape index (κ2) is 14.0. The maximum Gasteiger partial charge on any atom is 0.438 e. The molecule has 0 saturated heterocycles. The number of imidazole rings is 1. The first-order chi connectivity index (χ1) is 30.4. The molecule has 0 bridgehead atoms. The number of carbonyl (C=O) groups excluding carboxylic acids is 1. The number of carbonyl (C=O) groups is 1. The first-order valence-electron chi connectivity index (χ1n) is 21.2. The van der Waals surface area contributed by atoms with Gasteiger partial charge in [-0.2, -0.15) is 10.2 Å². The monoisotopic (exact) mass is 840 g/mol. The van der Waals surface area contributed by atoms with Gasteiger partial charge < -0.3 is 9.47 Å². The molecule has 0 spiro atoms. The van der Waals surface area contributed by atoms with Crippen LogP contribution in [-0.4, -0.2) is 70.7 Å². The number of rotatable bonds is 8. The Kier molecular flexibility index (Phi) is 8.49. The number of aryl methyl sites for hydroxylation is 4. The van der Waals surface area contributed by atoms with Gasteiger partial charge in [-0.15, -0.1) is 0 Å². The molecule has 2 aromatic carbocycles. The third-order valence-electron chi connectivity index (χ3n) is 13.1. The average molecular weight is 841 g/mol. The highest BCUT2D eigenvalue weighted by Gasteiger charge is 2.59. The normalized spacial score (nSPS) is 17.2. The maximum atomic E-state index is 15.4. The lowest BCUT2D eigenvalue weighted by molar-refractivity contribution is 0.0721. The SMILES string of the molecule is CCc1nccc(-c2ccc3c(c2)cc(C(=O)N2CCc4nn(-c5cc(C)nc(C)c5)c(-n5ccn(-c6ccc7c(cnn7C)c6)c5=O)c4C2)n3[C@@]2(c3noc(=O)[nH]3)C[C@@H]2C)c1C. The van der Waals surface area contributed by atoms with Crippen LogP contribution in [0.1, 0.15) is 70.5 Å². The third kappa shape index (κ3) is 5.87. The zero-order valence-corrected chi connectivity index (χ0v) is 35.7. The van der Waals surface area contributed by atoms with Crippen LogP contribution in [0, 0.1) is 26.7 Å². The molecule has 16 nitrogen and oxygen atoms in total. The zero-order valence-electron chi connectivity index (χ0n) is 35.7. The van der Waals surface area contributed by atoms with Crippen molar-refractivity contribution in [1.29, 1.82) is 0 Å². The van der Waals surface area contributed by atoms with Gasteiger partial charge >= 0.3 is 11.4 Å². The van der Waals surface area contributed by atoms with Gasteiger partial charge in [-0.05, 0) is 111 Å². The predicted molar refractivity (Wildman–Crippen MR) is 236 cm³/mol. The van der Waals surface area contributed by atoms with E-state index in [2.05, 4.69) is 68.7 Å². The Morgan fingerprint density at radius 1 is 0.937 bits per heavy atom. The van der Waals surface area contributed by atoms with Gasteiger partial charge in [-0.25, -0.2) is 14.3 Å². The first-order valence-corrected chi connectivity index (χ1v) is 21.2. The van der Waals surface area contributed by atoms with Crippen molar-refractivity contribution in [2.24, 2.45) is 13.0 Å². The fourth-order valence-corrected chi connectivity index (χ4v) is 9.88. The Bertz CT molecular complexity index is 3440. The number of amides is 1. The fraction of sp³-hybridized carbons (Fsp3) is 0.277. The molecule has 1 N–H and O–H groups in total. The van der Waals surface area contributed by atoms with Crippen molar-refractivity contribution in [2.45, 2.75) is 66.0 Å². The van der Waals surface area contributed by atoms with E-state index in [4.69, 9.17) is 9.62 Å². The van der Waals surface area contributed by atoms with Crippen LogP contribution < -0.4 is 11.4 Å². The Labute approximate surface area is 360 Å². The topological polar surface area (TPSA) is 172 Å². The smallest absolute Gasteiger partial charge is 0.332 e. The van der Waals surface area contributed by atoms with E-state index in [1.807, 2.05) is 79.1 Å². The summed E-state index contributed by atoms with van der Waals surface area (Å²) in [7, 11) is 1.89. The highest BCUT2D eigenvalue weighted by Crippen LogP contribution is 2.56. The lowest BCUT2D eigenvalue weighted by Gasteiger charge is -2.29. The van der Waals surface area contributed by atoms with Gasteiger partial charge in [0.15, 0.2) is 5.82 Å². The molecule has 11 rings (SSSR count). The molecule has 2 atom stereocenters.